The summed E-state index contributed by atoms with van der Waals surface area (Å²) in [6, 6.07) is 13.4. The number of hydrogen-bond acceptors (Lipinski definition) is 2. The molecule has 25 heavy (non-hydrogen) atoms. The van der Waals surface area contributed by atoms with E-state index in [1.54, 1.807) is 13.0 Å². The molecule has 0 bridgehead atoms. The lowest BCUT2D eigenvalue weighted by Crippen LogP contribution is -2.00. The van der Waals surface area contributed by atoms with Gasteiger partial charge in [-0.15, -0.1) is 0 Å². The zero-order valence-electron chi connectivity index (χ0n) is 14.5. The Bertz CT molecular complexity index is 896. The van der Waals surface area contributed by atoms with Crippen LogP contribution in [0.4, 0.5) is 0 Å². The van der Waals surface area contributed by atoms with Gasteiger partial charge in [-0.1, -0.05) is 50.1 Å². The number of carbonyl (C=O) groups is 1. The monoisotopic (exact) mass is 337 g/mol. The van der Waals surface area contributed by atoms with Crippen molar-refractivity contribution in [2.75, 3.05) is 0 Å². The second kappa shape index (κ2) is 7.11. The van der Waals surface area contributed by atoms with Crippen LogP contribution in [-0.2, 0) is 0 Å². The van der Waals surface area contributed by atoms with Crippen molar-refractivity contribution in [2.24, 2.45) is 0 Å². The number of fused-ring (bicyclic) bond motifs is 1. The largest absolute Gasteiger partial charge is 0.478 e. The normalized spacial score (nSPS) is 12.4. The van der Waals surface area contributed by atoms with Gasteiger partial charge in [0.05, 0.1) is 17.4 Å². The molecular weight excluding hydrogens is 314 g/mol. The number of nitrogens with one attached hydrogen (secondary N) is 1. The van der Waals surface area contributed by atoms with Crippen LogP contribution >= 0.6 is 0 Å². The molecule has 3 N–H and O–H groups in total. The first kappa shape index (κ1) is 17.2. The lowest BCUT2D eigenvalue weighted by molar-refractivity contribution is 0.0696. The number of aliphatic hydroxyl groups is 1. The Morgan fingerprint density at radius 1 is 1.20 bits per heavy atom. The SMILES string of the molecule is CCCCC(O)c1[nH]c2cc(C)c(C(=O)O)cc2c1-c1ccccc1. The molecule has 4 nitrogen and oxygen atoms in total. The Labute approximate surface area is 147 Å². The van der Waals surface area contributed by atoms with E-state index in [0.29, 0.717) is 17.5 Å². The Morgan fingerprint density at radius 3 is 2.56 bits per heavy atom. The fraction of sp³-hybridized carbons (Fsp3) is 0.286. The summed E-state index contributed by atoms with van der Waals surface area (Å²) in [7, 11) is 0. The molecule has 4 heteroatoms. The molecule has 0 amide bonds. The minimum Gasteiger partial charge on any atom is -0.478 e. The minimum absolute atomic E-state index is 0.290. The van der Waals surface area contributed by atoms with E-state index in [2.05, 4.69) is 11.9 Å². The molecule has 1 aromatic heterocycles. The molecule has 0 aliphatic carbocycles. The van der Waals surface area contributed by atoms with Crippen molar-refractivity contribution in [3.05, 3.63) is 59.3 Å². The topological polar surface area (TPSA) is 73.3 Å². The predicted octanol–water partition coefficient (Wildman–Crippen LogP) is 5.07. The van der Waals surface area contributed by atoms with Gasteiger partial charge in [0, 0.05) is 16.5 Å². The molecule has 0 spiro atoms. The van der Waals surface area contributed by atoms with Gasteiger partial charge in [0.25, 0.3) is 0 Å². The van der Waals surface area contributed by atoms with Gasteiger partial charge in [-0.2, -0.15) is 0 Å². The van der Waals surface area contributed by atoms with Crippen LogP contribution in [0, 0.1) is 6.92 Å². The highest BCUT2D eigenvalue weighted by molar-refractivity contribution is 6.02. The van der Waals surface area contributed by atoms with Crippen LogP contribution in [0.2, 0.25) is 0 Å². The summed E-state index contributed by atoms with van der Waals surface area (Å²) in [6.45, 7) is 3.89. The molecular formula is C21H23NO3. The van der Waals surface area contributed by atoms with Gasteiger partial charge >= 0.3 is 5.97 Å². The minimum atomic E-state index is -0.937. The highest BCUT2D eigenvalue weighted by atomic mass is 16.4. The van der Waals surface area contributed by atoms with Crippen molar-refractivity contribution in [2.45, 2.75) is 39.2 Å². The number of aromatic amines is 1. The van der Waals surface area contributed by atoms with E-state index in [1.807, 2.05) is 36.4 Å². The molecule has 0 aliphatic rings. The molecule has 130 valence electrons. The molecule has 3 aromatic rings. The Balaban J connectivity index is 2.26. The van der Waals surface area contributed by atoms with E-state index < -0.39 is 12.1 Å². The molecule has 2 aromatic carbocycles. The summed E-state index contributed by atoms with van der Waals surface area (Å²) in [5.41, 5.74) is 4.47. The zero-order chi connectivity index (χ0) is 18.0. The van der Waals surface area contributed by atoms with E-state index in [4.69, 9.17) is 0 Å². The van der Waals surface area contributed by atoms with Crippen molar-refractivity contribution >= 4 is 16.9 Å². The maximum atomic E-state index is 11.5. The average molecular weight is 337 g/mol. The Kier molecular flexibility index (Phi) is 4.91. The fourth-order valence-corrected chi connectivity index (χ4v) is 3.31. The van der Waals surface area contributed by atoms with Crippen molar-refractivity contribution in [1.82, 2.24) is 4.98 Å². The molecule has 0 aliphatic heterocycles. The van der Waals surface area contributed by atoms with E-state index in [0.717, 1.165) is 40.6 Å². The van der Waals surface area contributed by atoms with Crippen molar-refractivity contribution in [3.63, 3.8) is 0 Å². The van der Waals surface area contributed by atoms with Crippen molar-refractivity contribution in [3.8, 4) is 11.1 Å². The number of carboxylic acids is 1. The quantitative estimate of drug-likeness (QED) is 0.588. The summed E-state index contributed by atoms with van der Waals surface area (Å²) in [6.07, 6.45) is 2.02. The molecule has 0 fully saturated rings. The maximum absolute atomic E-state index is 11.5. The van der Waals surface area contributed by atoms with Crippen LogP contribution in [0.15, 0.2) is 42.5 Å². The third-order valence-corrected chi connectivity index (χ3v) is 4.63. The van der Waals surface area contributed by atoms with E-state index >= 15 is 0 Å². The number of unbranched alkanes of at least 4 members (excludes halogenated alkanes) is 1. The maximum Gasteiger partial charge on any atom is 0.335 e. The molecule has 3 rings (SSSR count). The average Bonchev–Trinajstić information content (AvgIpc) is 2.97. The lowest BCUT2D eigenvalue weighted by Gasteiger charge is -2.12. The van der Waals surface area contributed by atoms with Crippen LogP contribution in [-0.4, -0.2) is 21.2 Å². The number of aryl methyl sites for hydroxylation is 1. The molecule has 1 unspecified atom stereocenters. The molecule has 1 atom stereocenters. The highest BCUT2D eigenvalue weighted by Crippen LogP contribution is 2.38. The van der Waals surface area contributed by atoms with E-state index in [9.17, 15) is 15.0 Å². The summed E-state index contributed by atoms with van der Waals surface area (Å²) < 4.78 is 0. The van der Waals surface area contributed by atoms with E-state index in [1.165, 1.54) is 0 Å². The number of rotatable bonds is 6. The molecule has 0 saturated carbocycles. The predicted molar refractivity (Wildman–Crippen MR) is 99.9 cm³/mol. The van der Waals surface area contributed by atoms with Gasteiger partial charge < -0.3 is 15.2 Å². The van der Waals surface area contributed by atoms with Gasteiger partial charge in [0.15, 0.2) is 0 Å². The van der Waals surface area contributed by atoms with Crippen LogP contribution in [0.25, 0.3) is 22.0 Å². The number of aliphatic hydroxyl groups excluding tert-OH is 1. The first-order valence-corrected chi connectivity index (χ1v) is 8.66. The highest BCUT2D eigenvalue weighted by Gasteiger charge is 2.21. The number of carboxylic acid groups (broad SMARTS) is 1. The number of aromatic nitrogens is 1. The fourth-order valence-electron chi connectivity index (χ4n) is 3.31. The first-order valence-electron chi connectivity index (χ1n) is 8.66. The smallest absolute Gasteiger partial charge is 0.335 e. The summed E-state index contributed by atoms with van der Waals surface area (Å²) >= 11 is 0. The number of aromatic carboxylic acids is 1. The van der Waals surface area contributed by atoms with Gasteiger partial charge in [0.1, 0.15) is 0 Å². The van der Waals surface area contributed by atoms with Crippen LogP contribution < -0.4 is 0 Å². The number of benzene rings is 2. The second-order valence-corrected chi connectivity index (χ2v) is 6.46. The summed E-state index contributed by atoms with van der Waals surface area (Å²) in [4.78, 5) is 14.9. The van der Waals surface area contributed by atoms with Gasteiger partial charge in [0.2, 0.25) is 0 Å². The zero-order valence-corrected chi connectivity index (χ0v) is 14.5. The molecule has 0 radical (unpaired) electrons. The summed E-state index contributed by atoms with van der Waals surface area (Å²) in [5.74, 6) is -0.937. The Morgan fingerprint density at radius 2 is 1.92 bits per heavy atom. The third kappa shape index (κ3) is 3.30. The lowest BCUT2D eigenvalue weighted by atomic mass is 9.96. The van der Waals surface area contributed by atoms with E-state index in [-0.39, 0.29) is 0 Å². The summed E-state index contributed by atoms with van der Waals surface area (Å²) in [5, 5.41) is 21.0. The third-order valence-electron chi connectivity index (χ3n) is 4.63. The van der Waals surface area contributed by atoms with Gasteiger partial charge in [-0.25, -0.2) is 4.79 Å². The first-order chi connectivity index (χ1) is 12.0. The van der Waals surface area contributed by atoms with Crippen LogP contribution in [0.1, 0.15) is 53.9 Å². The van der Waals surface area contributed by atoms with Gasteiger partial charge in [-0.05, 0) is 36.6 Å². The molecule has 0 saturated heterocycles. The number of H-pyrrole nitrogens is 1. The second-order valence-electron chi connectivity index (χ2n) is 6.46. The number of hydrogen-bond donors (Lipinski definition) is 3. The Hall–Kier alpha value is -2.59. The van der Waals surface area contributed by atoms with Gasteiger partial charge in [-0.3, -0.25) is 0 Å². The standard InChI is InChI=1S/C21H23NO3/c1-3-4-10-18(23)20-19(14-8-6-5-7-9-14)16-12-15(21(24)25)13(2)11-17(16)22-20/h5-9,11-12,18,22-23H,3-4,10H2,1-2H3,(H,24,25). The van der Waals surface area contributed by atoms with Crippen molar-refractivity contribution < 1.29 is 15.0 Å². The molecule has 1 heterocycles. The van der Waals surface area contributed by atoms with Crippen molar-refractivity contribution in [1.29, 1.82) is 0 Å². The van der Waals surface area contributed by atoms with Crippen LogP contribution in [0.5, 0.6) is 0 Å². The van der Waals surface area contributed by atoms with Crippen LogP contribution in [0.3, 0.4) is 0 Å².